The molecule has 1 aromatic rings. The second-order valence-corrected chi connectivity index (χ2v) is 3.93. The topological polar surface area (TPSA) is 37.8 Å². The first-order chi connectivity index (χ1) is 6.90. The third-order valence-electron chi connectivity index (χ3n) is 2.82. The molecule has 3 nitrogen and oxygen atoms in total. The van der Waals surface area contributed by atoms with Gasteiger partial charge in [0.1, 0.15) is 6.33 Å². The van der Waals surface area contributed by atoms with E-state index in [1.807, 2.05) is 6.07 Å². The van der Waals surface area contributed by atoms with Crippen LogP contribution in [-0.2, 0) is 6.54 Å². The maximum atomic E-state index is 4.19. The van der Waals surface area contributed by atoms with Gasteiger partial charge in [0.15, 0.2) is 0 Å². The van der Waals surface area contributed by atoms with Crippen LogP contribution in [0.1, 0.15) is 31.9 Å². The second kappa shape index (κ2) is 4.51. The van der Waals surface area contributed by atoms with Crippen LogP contribution in [0, 0.1) is 5.92 Å². The van der Waals surface area contributed by atoms with Crippen molar-refractivity contribution in [3.8, 4) is 0 Å². The van der Waals surface area contributed by atoms with Crippen molar-refractivity contribution in [3.63, 3.8) is 0 Å². The molecular formula is C11H17N3. The van der Waals surface area contributed by atoms with Gasteiger partial charge in [-0.25, -0.2) is 9.97 Å². The van der Waals surface area contributed by atoms with Crippen LogP contribution in [0.3, 0.4) is 0 Å². The monoisotopic (exact) mass is 191 g/mol. The van der Waals surface area contributed by atoms with E-state index in [0.29, 0.717) is 6.04 Å². The number of aromatic nitrogens is 2. The standard InChI is InChI=1S/C11H17N3/c1-2-11(9-3-4-9)13-7-10-5-6-12-8-14-10/h5-6,8-9,11,13H,2-4,7H2,1H3. The Morgan fingerprint density at radius 2 is 2.43 bits per heavy atom. The Kier molecular flexibility index (Phi) is 3.09. The quantitative estimate of drug-likeness (QED) is 0.770. The van der Waals surface area contributed by atoms with Gasteiger partial charge in [0, 0.05) is 18.8 Å². The molecule has 14 heavy (non-hydrogen) atoms. The zero-order valence-electron chi connectivity index (χ0n) is 8.61. The molecule has 1 aromatic heterocycles. The second-order valence-electron chi connectivity index (χ2n) is 3.93. The Balaban J connectivity index is 1.81. The highest BCUT2D eigenvalue weighted by Gasteiger charge is 2.29. The smallest absolute Gasteiger partial charge is 0.115 e. The third kappa shape index (κ3) is 2.51. The van der Waals surface area contributed by atoms with Crippen LogP contribution >= 0.6 is 0 Å². The molecule has 1 saturated carbocycles. The van der Waals surface area contributed by atoms with Gasteiger partial charge < -0.3 is 5.32 Å². The SMILES string of the molecule is CCC(NCc1ccncn1)C1CC1. The lowest BCUT2D eigenvalue weighted by Gasteiger charge is -2.15. The van der Waals surface area contributed by atoms with Crippen LogP contribution < -0.4 is 5.32 Å². The highest BCUT2D eigenvalue weighted by molar-refractivity contribution is 4.98. The summed E-state index contributed by atoms with van der Waals surface area (Å²) in [4.78, 5) is 8.09. The lowest BCUT2D eigenvalue weighted by atomic mass is 10.1. The fraction of sp³-hybridized carbons (Fsp3) is 0.636. The van der Waals surface area contributed by atoms with Crippen LogP contribution in [0.15, 0.2) is 18.6 Å². The van der Waals surface area contributed by atoms with E-state index in [9.17, 15) is 0 Å². The Bertz CT molecular complexity index is 269. The van der Waals surface area contributed by atoms with E-state index >= 15 is 0 Å². The van der Waals surface area contributed by atoms with Crippen molar-refractivity contribution >= 4 is 0 Å². The number of nitrogens with one attached hydrogen (secondary N) is 1. The average molecular weight is 191 g/mol. The number of nitrogens with zero attached hydrogens (tertiary/aromatic N) is 2. The average Bonchev–Trinajstić information content (AvgIpc) is 3.05. The van der Waals surface area contributed by atoms with Gasteiger partial charge in [0.05, 0.1) is 5.69 Å². The number of rotatable bonds is 5. The zero-order chi connectivity index (χ0) is 9.80. The Morgan fingerprint density at radius 1 is 1.57 bits per heavy atom. The lowest BCUT2D eigenvalue weighted by molar-refractivity contribution is 0.446. The summed E-state index contributed by atoms with van der Waals surface area (Å²) in [5.74, 6) is 0.918. The van der Waals surface area contributed by atoms with E-state index in [1.54, 1.807) is 12.5 Å². The van der Waals surface area contributed by atoms with Crippen molar-refractivity contribution in [3.05, 3.63) is 24.3 Å². The molecule has 0 bridgehead atoms. The molecule has 76 valence electrons. The molecule has 1 fully saturated rings. The molecule has 1 atom stereocenters. The van der Waals surface area contributed by atoms with Gasteiger partial charge in [0.25, 0.3) is 0 Å². The molecule has 0 aromatic carbocycles. The van der Waals surface area contributed by atoms with Crippen LogP contribution in [-0.4, -0.2) is 16.0 Å². The maximum Gasteiger partial charge on any atom is 0.115 e. The molecule has 0 aliphatic heterocycles. The molecule has 2 rings (SSSR count). The van der Waals surface area contributed by atoms with Gasteiger partial charge in [-0.05, 0) is 31.2 Å². The van der Waals surface area contributed by atoms with Crippen LogP contribution in [0.25, 0.3) is 0 Å². The van der Waals surface area contributed by atoms with Crippen molar-refractivity contribution in [2.45, 2.75) is 38.8 Å². The van der Waals surface area contributed by atoms with Crippen LogP contribution in [0.5, 0.6) is 0 Å². The highest BCUT2D eigenvalue weighted by Crippen LogP contribution is 2.33. The van der Waals surface area contributed by atoms with Crippen LogP contribution in [0.4, 0.5) is 0 Å². The first-order valence-electron chi connectivity index (χ1n) is 5.38. The summed E-state index contributed by atoms with van der Waals surface area (Å²) in [6, 6.07) is 2.65. The first-order valence-corrected chi connectivity index (χ1v) is 5.38. The minimum absolute atomic E-state index is 0.685. The van der Waals surface area contributed by atoms with Gasteiger partial charge in [-0.1, -0.05) is 6.92 Å². The summed E-state index contributed by atoms with van der Waals surface area (Å²) in [7, 11) is 0. The summed E-state index contributed by atoms with van der Waals surface area (Å²) >= 11 is 0. The van der Waals surface area contributed by atoms with Crippen molar-refractivity contribution in [1.82, 2.24) is 15.3 Å². The predicted octanol–water partition coefficient (Wildman–Crippen LogP) is 1.75. The predicted molar refractivity (Wildman–Crippen MR) is 55.7 cm³/mol. The van der Waals surface area contributed by atoms with Crippen LogP contribution in [0.2, 0.25) is 0 Å². The summed E-state index contributed by atoms with van der Waals surface area (Å²) < 4.78 is 0. The molecule has 0 spiro atoms. The Hall–Kier alpha value is -0.960. The molecular weight excluding hydrogens is 174 g/mol. The molecule has 3 heteroatoms. The van der Waals surface area contributed by atoms with Crippen molar-refractivity contribution < 1.29 is 0 Å². The maximum absolute atomic E-state index is 4.19. The largest absolute Gasteiger partial charge is 0.308 e. The molecule has 0 radical (unpaired) electrons. The summed E-state index contributed by atoms with van der Waals surface area (Å²) in [5, 5.41) is 3.56. The van der Waals surface area contributed by atoms with Gasteiger partial charge in [-0.3, -0.25) is 0 Å². The molecule has 0 saturated heterocycles. The fourth-order valence-electron chi connectivity index (χ4n) is 1.80. The van der Waals surface area contributed by atoms with E-state index in [4.69, 9.17) is 0 Å². The molecule has 1 aliphatic rings. The van der Waals surface area contributed by atoms with Gasteiger partial charge in [-0.15, -0.1) is 0 Å². The highest BCUT2D eigenvalue weighted by atomic mass is 15.0. The van der Waals surface area contributed by atoms with Crippen molar-refractivity contribution in [2.24, 2.45) is 5.92 Å². The van der Waals surface area contributed by atoms with E-state index in [1.165, 1.54) is 19.3 Å². The minimum atomic E-state index is 0.685. The summed E-state index contributed by atoms with van der Waals surface area (Å²) in [5.41, 5.74) is 1.08. The van der Waals surface area contributed by atoms with Gasteiger partial charge in [0.2, 0.25) is 0 Å². The van der Waals surface area contributed by atoms with Gasteiger partial charge >= 0.3 is 0 Å². The molecule has 1 aliphatic carbocycles. The third-order valence-corrected chi connectivity index (χ3v) is 2.82. The molecule has 0 amide bonds. The van der Waals surface area contributed by atoms with E-state index in [2.05, 4.69) is 22.2 Å². The normalized spacial score (nSPS) is 18.1. The zero-order valence-corrected chi connectivity index (χ0v) is 8.61. The molecule has 1 N–H and O–H groups in total. The van der Waals surface area contributed by atoms with Gasteiger partial charge in [-0.2, -0.15) is 0 Å². The number of hydrogen-bond donors (Lipinski definition) is 1. The molecule has 1 unspecified atom stereocenters. The first kappa shape index (κ1) is 9.59. The summed E-state index contributed by atoms with van der Waals surface area (Å²) in [6.07, 6.45) is 7.41. The Labute approximate surface area is 85.0 Å². The minimum Gasteiger partial charge on any atom is -0.308 e. The molecule has 1 heterocycles. The lowest BCUT2D eigenvalue weighted by Crippen LogP contribution is -2.30. The van der Waals surface area contributed by atoms with E-state index in [0.717, 1.165) is 18.2 Å². The summed E-state index contributed by atoms with van der Waals surface area (Å²) in [6.45, 7) is 3.12. The Morgan fingerprint density at radius 3 is 3.00 bits per heavy atom. The van der Waals surface area contributed by atoms with E-state index < -0.39 is 0 Å². The van der Waals surface area contributed by atoms with Crippen molar-refractivity contribution in [2.75, 3.05) is 0 Å². The van der Waals surface area contributed by atoms with Crippen molar-refractivity contribution in [1.29, 1.82) is 0 Å². The van der Waals surface area contributed by atoms with E-state index in [-0.39, 0.29) is 0 Å². The number of hydrogen-bond acceptors (Lipinski definition) is 3. The fourth-order valence-corrected chi connectivity index (χ4v) is 1.80.